The number of aryl methyl sites for hydroxylation is 1. The third-order valence-corrected chi connectivity index (χ3v) is 3.74. The van der Waals surface area contributed by atoms with Gasteiger partial charge in [-0.05, 0) is 46.5 Å². The Labute approximate surface area is 141 Å². The van der Waals surface area contributed by atoms with Crippen molar-refractivity contribution in [1.82, 2.24) is 25.3 Å². The van der Waals surface area contributed by atoms with Crippen LogP contribution in [0.5, 0.6) is 0 Å². The molecule has 0 unspecified atom stereocenters. The molecule has 1 rings (SSSR count). The number of rotatable bonds is 11. The first kappa shape index (κ1) is 19.5. The van der Waals surface area contributed by atoms with Crippen molar-refractivity contribution in [2.24, 2.45) is 12.0 Å². The molecule has 0 aliphatic heterocycles. The average Bonchev–Trinajstić information content (AvgIpc) is 2.92. The fourth-order valence-electron chi connectivity index (χ4n) is 2.35. The highest BCUT2D eigenvalue weighted by atomic mass is 15.3. The minimum absolute atomic E-state index is 0.649. The fraction of sp³-hybridized carbons (Fsp3) is 0.765. The number of nitrogens with zero attached hydrogens (tertiary/aromatic N) is 4. The van der Waals surface area contributed by atoms with Gasteiger partial charge in [-0.3, -0.25) is 4.68 Å². The Hall–Kier alpha value is -1.56. The second-order valence-electron chi connectivity index (χ2n) is 6.14. The van der Waals surface area contributed by atoms with Gasteiger partial charge in [-0.2, -0.15) is 5.10 Å². The Bertz CT molecular complexity index is 438. The lowest BCUT2D eigenvalue weighted by Gasteiger charge is -2.11. The molecule has 0 radical (unpaired) electrons. The van der Waals surface area contributed by atoms with E-state index >= 15 is 0 Å². The molecule has 132 valence electrons. The SMILES string of the molecule is CCNC(=NCc1ccnn1C)NCCCCCCCN(C)C. The van der Waals surface area contributed by atoms with Gasteiger partial charge in [0.15, 0.2) is 5.96 Å². The average molecular weight is 323 g/mol. The summed E-state index contributed by atoms with van der Waals surface area (Å²) >= 11 is 0. The van der Waals surface area contributed by atoms with E-state index in [0.717, 1.165) is 24.7 Å². The third kappa shape index (κ3) is 9.23. The van der Waals surface area contributed by atoms with Gasteiger partial charge >= 0.3 is 0 Å². The molecule has 23 heavy (non-hydrogen) atoms. The van der Waals surface area contributed by atoms with Crippen LogP contribution in [0.1, 0.15) is 44.7 Å². The van der Waals surface area contributed by atoms with E-state index in [2.05, 4.69) is 46.6 Å². The molecule has 0 saturated heterocycles. The Morgan fingerprint density at radius 3 is 2.57 bits per heavy atom. The van der Waals surface area contributed by atoms with E-state index in [0.29, 0.717) is 6.54 Å². The van der Waals surface area contributed by atoms with Crippen LogP contribution in [0.2, 0.25) is 0 Å². The van der Waals surface area contributed by atoms with Crippen LogP contribution in [0.3, 0.4) is 0 Å². The molecular weight excluding hydrogens is 288 g/mol. The molecule has 1 heterocycles. The summed E-state index contributed by atoms with van der Waals surface area (Å²) in [6, 6.07) is 2.00. The molecule has 6 nitrogen and oxygen atoms in total. The van der Waals surface area contributed by atoms with E-state index < -0.39 is 0 Å². The minimum Gasteiger partial charge on any atom is -0.357 e. The van der Waals surface area contributed by atoms with Crippen LogP contribution >= 0.6 is 0 Å². The van der Waals surface area contributed by atoms with Crippen molar-refractivity contribution in [2.45, 2.75) is 45.6 Å². The zero-order valence-electron chi connectivity index (χ0n) is 15.3. The summed E-state index contributed by atoms with van der Waals surface area (Å²) in [5.74, 6) is 0.890. The van der Waals surface area contributed by atoms with E-state index in [1.807, 2.05) is 24.0 Å². The largest absolute Gasteiger partial charge is 0.357 e. The quantitative estimate of drug-likeness (QED) is 0.372. The van der Waals surface area contributed by atoms with Crippen molar-refractivity contribution < 1.29 is 0 Å². The summed E-state index contributed by atoms with van der Waals surface area (Å²) in [6.45, 7) is 5.79. The Balaban J connectivity index is 2.17. The van der Waals surface area contributed by atoms with Gasteiger partial charge in [0.2, 0.25) is 0 Å². The molecule has 1 aromatic heterocycles. The number of hydrogen-bond acceptors (Lipinski definition) is 3. The van der Waals surface area contributed by atoms with E-state index in [1.54, 1.807) is 0 Å². The number of hydrogen-bond donors (Lipinski definition) is 2. The maximum atomic E-state index is 4.61. The van der Waals surface area contributed by atoms with E-state index in [9.17, 15) is 0 Å². The first-order valence-corrected chi connectivity index (χ1v) is 8.77. The Morgan fingerprint density at radius 2 is 1.91 bits per heavy atom. The molecule has 0 aliphatic carbocycles. The monoisotopic (exact) mass is 322 g/mol. The second kappa shape index (κ2) is 11.9. The summed E-state index contributed by atoms with van der Waals surface area (Å²) in [6.07, 6.45) is 8.22. The lowest BCUT2D eigenvalue weighted by Crippen LogP contribution is -2.37. The van der Waals surface area contributed by atoms with Crippen LogP contribution in [0.15, 0.2) is 17.3 Å². The summed E-state index contributed by atoms with van der Waals surface area (Å²) in [7, 11) is 6.22. The topological polar surface area (TPSA) is 57.5 Å². The van der Waals surface area contributed by atoms with Gasteiger partial charge in [0.25, 0.3) is 0 Å². The van der Waals surface area contributed by atoms with Crippen molar-refractivity contribution in [3.63, 3.8) is 0 Å². The van der Waals surface area contributed by atoms with Crippen LogP contribution in [0.25, 0.3) is 0 Å². The highest BCUT2D eigenvalue weighted by molar-refractivity contribution is 5.79. The molecule has 0 amide bonds. The number of guanidine groups is 1. The Morgan fingerprint density at radius 1 is 1.17 bits per heavy atom. The molecule has 0 aromatic carbocycles. The van der Waals surface area contributed by atoms with Crippen molar-refractivity contribution >= 4 is 5.96 Å². The second-order valence-corrected chi connectivity index (χ2v) is 6.14. The molecule has 0 atom stereocenters. The number of aliphatic imine (C=N–C) groups is 1. The van der Waals surface area contributed by atoms with Crippen LogP contribution in [-0.2, 0) is 13.6 Å². The van der Waals surface area contributed by atoms with Crippen LogP contribution < -0.4 is 10.6 Å². The van der Waals surface area contributed by atoms with Crippen LogP contribution in [0.4, 0.5) is 0 Å². The maximum Gasteiger partial charge on any atom is 0.191 e. The van der Waals surface area contributed by atoms with E-state index in [4.69, 9.17) is 0 Å². The predicted molar refractivity (Wildman–Crippen MR) is 97.7 cm³/mol. The van der Waals surface area contributed by atoms with Crippen molar-refractivity contribution in [1.29, 1.82) is 0 Å². The highest BCUT2D eigenvalue weighted by Gasteiger charge is 2.00. The minimum atomic E-state index is 0.649. The van der Waals surface area contributed by atoms with Gasteiger partial charge in [-0.25, -0.2) is 4.99 Å². The van der Waals surface area contributed by atoms with Gasteiger partial charge in [0.1, 0.15) is 0 Å². The van der Waals surface area contributed by atoms with Gasteiger partial charge < -0.3 is 15.5 Å². The summed E-state index contributed by atoms with van der Waals surface area (Å²) in [4.78, 5) is 6.86. The van der Waals surface area contributed by atoms with E-state index in [1.165, 1.54) is 38.6 Å². The smallest absolute Gasteiger partial charge is 0.191 e. The number of unbranched alkanes of at least 4 members (excludes halogenated alkanes) is 4. The van der Waals surface area contributed by atoms with Crippen LogP contribution in [-0.4, -0.2) is 54.4 Å². The molecule has 2 N–H and O–H groups in total. The molecule has 0 spiro atoms. The normalized spacial score (nSPS) is 12.0. The maximum absolute atomic E-state index is 4.61. The van der Waals surface area contributed by atoms with Gasteiger partial charge in [-0.15, -0.1) is 0 Å². The molecule has 0 fully saturated rings. The highest BCUT2D eigenvalue weighted by Crippen LogP contribution is 2.03. The molecule has 0 saturated carbocycles. The van der Waals surface area contributed by atoms with Gasteiger partial charge in [0, 0.05) is 26.3 Å². The van der Waals surface area contributed by atoms with Crippen molar-refractivity contribution in [2.75, 3.05) is 33.7 Å². The molecule has 6 heteroatoms. The molecule has 1 aromatic rings. The number of nitrogens with one attached hydrogen (secondary N) is 2. The van der Waals surface area contributed by atoms with Crippen LogP contribution in [0, 0.1) is 0 Å². The lowest BCUT2D eigenvalue weighted by molar-refractivity contribution is 0.389. The first-order chi connectivity index (χ1) is 11.1. The van der Waals surface area contributed by atoms with E-state index in [-0.39, 0.29) is 0 Å². The summed E-state index contributed by atoms with van der Waals surface area (Å²) in [5.41, 5.74) is 1.11. The predicted octanol–water partition coefficient (Wildman–Crippen LogP) is 1.99. The molecule has 0 aliphatic rings. The molecule has 0 bridgehead atoms. The lowest BCUT2D eigenvalue weighted by atomic mass is 10.1. The Kier molecular flexibility index (Phi) is 10.1. The van der Waals surface area contributed by atoms with Crippen molar-refractivity contribution in [3.8, 4) is 0 Å². The zero-order valence-corrected chi connectivity index (χ0v) is 15.3. The fourth-order valence-corrected chi connectivity index (χ4v) is 2.35. The summed E-state index contributed by atoms with van der Waals surface area (Å²) in [5, 5.41) is 10.9. The first-order valence-electron chi connectivity index (χ1n) is 8.77. The molecular formula is C17H34N6. The number of aromatic nitrogens is 2. The van der Waals surface area contributed by atoms with Gasteiger partial charge in [-0.1, -0.05) is 19.3 Å². The summed E-state index contributed by atoms with van der Waals surface area (Å²) < 4.78 is 1.86. The van der Waals surface area contributed by atoms with Crippen molar-refractivity contribution in [3.05, 3.63) is 18.0 Å². The van der Waals surface area contributed by atoms with Gasteiger partial charge in [0.05, 0.1) is 12.2 Å². The third-order valence-electron chi connectivity index (χ3n) is 3.74. The zero-order chi connectivity index (χ0) is 16.9. The standard InChI is InChI=1S/C17H34N6/c1-5-18-17(20-15-16-11-13-21-23(16)4)19-12-9-7-6-8-10-14-22(2)3/h11,13H,5-10,12,14-15H2,1-4H3,(H2,18,19,20).